The van der Waals surface area contributed by atoms with Crippen LogP contribution < -0.4 is 10.6 Å². The minimum Gasteiger partial charge on any atom is -0.381 e. The molecule has 2 N–H and O–H groups in total. The van der Waals surface area contributed by atoms with Gasteiger partial charge in [-0.05, 0) is 49.2 Å². The van der Waals surface area contributed by atoms with Crippen LogP contribution in [0.3, 0.4) is 0 Å². The van der Waals surface area contributed by atoms with Crippen LogP contribution in [0.4, 0.5) is 5.69 Å². The molecule has 24 heavy (non-hydrogen) atoms. The van der Waals surface area contributed by atoms with Crippen LogP contribution in [0, 0.1) is 17.2 Å². The summed E-state index contributed by atoms with van der Waals surface area (Å²) in [6.07, 6.45) is 5.91. The Morgan fingerprint density at radius 1 is 1.33 bits per heavy atom. The standard InChI is InChI=1S/C19H29N3OS/c1-3-5-8-16(4-2)15-23-12-7-11-21-19(24)22-18-10-6-9-17(13-18)14-20/h6,9-10,13,16H,3-5,7-8,11-12,15H2,1-2H3,(H2,21,22,24). The van der Waals surface area contributed by atoms with Gasteiger partial charge in [-0.1, -0.05) is 39.2 Å². The first kappa shape index (κ1) is 20.4. The quantitative estimate of drug-likeness (QED) is 0.457. The zero-order valence-electron chi connectivity index (χ0n) is 14.8. The molecule has 0 radical (unpaired) electrons. The SMILES string of the molecule is CCCCC(CC)COCCCNC(=S)Nc1cccc(C#N)c1. The molecule has 1 aromatic rings. The number of anilines is 1. The second kappa shape index (κ2) is 12.7. The molecule has 0 aliphatic carbocycles. The van der Waals surface area contributed by atoms with Crippen LogP contribution in [0.1, 0.15) is 51.5 Å². The van der Waals surface area contributed by atoms with Gasteiger partial charge in [0, 0.05) is 25.4 Å². The average Bonchev–Trinajstić information content (AvgIpc) is 2.60. The maximum Gasteiger partial charge on any atom is 0.170 e. The van der Waals surface area contributed by atoms with E-state index < -0.39 is 0 Å². The number of unbranched alkanes of at least 4 members (excludes halogenated alkanes) is 1. The van der Waals surface area contributed by atoms with E-state index in [0.717, 1.165) is 31.9 Å². The molecule has 0 bridgehead atoms. The van der Waals surface area contributed by atoms with Crippen molar-refractivity contribution < 1.29 is 4.74 Å². The van der Waals surface area contributed by atoms with E-state index in [4.69, 9.17) is 22.2 Å². The van der Waals surface area contributed by atoms with E-state index in [9.17, 15) is 0 Å². The van der Waals surface area contributed by atoms with Gasteiger partial charge in [-0.2, -0.15) is 5.26 Å². The van der Waals surface area contributed by atoms with Gasteiger partial charge in [-0.25, -0.2) is 0 Å². The molecule has 0 aliphatic heterocycles. The van der Waals surface area contributed by atoms with Gasteiger partial charge >= 0.3 is 0 Å². The predicted molar refractivity (Wildman–Crippen MR) is 104 cm³/mol. The second-order valence-electron chi connectivity index (χ2n) is 5.92. The van der Waals surface area contributed by atoms with E-state index in [2.05, 4.69) is 30.6 Å². The summed E-state index contributed by atoms with van der Waals surface area (Å²) in [5, 5.41) is 15.7. The van der Waals surface area contributed by atoms with Crippen molar-refractivity contribution in [1.82, 2.24) is 5.32 Å². The van der Waals surface area contributed by atoms with Crippen LogP contribution in [-0.2, 0) is 4.74 Å². The van der Waals surface area contributed by atoms with Gasteiger partial charge in [-0.3, -0.25) is 0 Å². The lowest BCUT2D eigenvalue weighted by Gasteiger charge is -2.15. The molecule has 0 amide bonds. The number of thiocarbonyl (C=S) groups is 1. The smallest absolute Gasteiger partial charge is 0.170 e. The third kappa shape index (κ3) is 8.85. The highest BCUT2D eigenvalue weighted by Crippen LogP contribution is 2.13. The van der Waals surface area contributed by atoms with Crippen molar-refractivity contribution in [2.75, 3.05) is 25.1 Å². The van der Waals surface area contributed by atoms with Crippen LogP contribution in [0.25, 0.3) is 0 Å². The number of hydrogen-bond acceptors (Lipinski definition) is 3. The molecule has 0 saturated carbocycles. The second-order valence-corrected chi connectivity index (χ2v) is 6.33. The summed E-state index contributed by atoms with van der Waals surface area (Å²) in [6.45, 7) is 6.85. The van der Waals surface area contributed by atoms with Crippen LogP contribution in [0.15, 0.2) is 24.3 Å². The lowest BCUT2D eigenvalue weighted by atomic mass is 10.0. The lowest BCUT2D eigenvalue weighted by Crippen LogP contribution is -2.29. The fourth-order valence-electron chi connectivity index (χ4n) is 2.37. The summed E-state index contributed by atoms with van der Waals surface area (Å²) < 4.78 is 5.77. The minimum atomic E-state index is 0.569. The fraction of sp³-hybridized carbons (Fsp3) is 0.579. The number of ether oxygens (including phenoxy) is 1. The van der Waals surface area contributed by atoms with E-state index >= 15 is 0 Å². The largest absolute Gasteiger partial charge is 0.381 e. The van der Waals surface area contributed by atoms with Crippen molar-refractivity contribution in [3.05, 3.63) is 29.8 Å². The average molecular weight is 348 g/mol. The Labute approximate surface area is 151 Å². The van der Waals surface area contributed by atoms with Gasteiger partial charge in [-0.15, -0.1) is 0 Å². The summed E-state index contributed by atoms with van der Waals surface area (Å²) in [5.74, 6) is 0.688. The Morgan fingerprint density at radius 2 is 2.17 bits per heavy atom. The number of hydrogen-bond donors (Lipinski definition) is 2. The summed E-state index contributed by atoms with van der Waals surface area (Å²) >= 11 is 5.26. The molecular formula is C19H29N3OS. The van der Waals surface area contributed by atoms with Gasteiger partial charge in [0.1, 0.15) is 0 Å². The van der Waals surface area contributed by atoms with Crippen molar-refractivity contribution in [3.63, 3.8) is 0 Å². The van der Waals surface area contributed by atoms with Crippen LogP contribution in [-0.4, -0.2) is 24.9 Å². The first-order valence-electron chi connectivity index (χ1n) is 8.82. The van der Waals surface area contributed by atoms with Gasteiger partial charge < -0.3 is 15.4 Å². The van der Waals surface area contributed by atoms with Crippen LogP contribution >= 0.6 is 12.2 Å². The molecule has 1 atom stereocenters. The molecule has 0 aliphatic rings. The number of benzene rings is 1. The van der Waals surface area contributed by atoms with Gasteiger partial charge in [0.05, 0.1) is 11.6 Å². The highest BCUT2D eigenvalue weighted by atomic mass is 32.1. The summed E-state index contributed by atoms with van der Waals surface area (Å²) in [6, 6.07) is 9.38. The Hall–Kier alpha value is -1.64. The molecule has 1 unspecified atom stereocenters. The number of nitrogens with zero attached hydrogens (tertiary/aromatic N) is 1. The van der Waals surface area contributed by atoms with Crippen molar-refractivity contribution in [2.24, 2.45) is 5.92 Å². The topological polar surface area (TPSA) is 57.1 Å². The molecule has 132 valence electrons. The van der Waals surface area contributed by atoms with Gasteiger partial charge in [0.25, 0.3) is 0 Å². The van der Waals surface area contributed by atoms with Crippen LogP contribution in [0.2, 0.25) is 0 Å². The molecule has 1 rings (SSSR count). The molecule has 1 aromatic carbocycles. The number of rotatable bonds is 11. The Morgan fingerprint density at radius 3 is 2.88 bits per heavy atom. The van der Waals surface area contributed by atoms with Gasteiger partial charge in [0.15, 0.2) is 5.11 Å². The van der Waals surface area contributed by atoms with Crippen molar-refractivity contribution >= 4 is 23.0 Å². The molecule has 0 aromatic heterocycles. The highest BCUT2D eigenvalue weighted by molar-refractivity contribution is 7.80. The summed E-state index contributed by atoms with van der Waals surface area (Å²) in [7, 11) is 0. The predicted octanol–water partition coefficient (Wildman–Crippen LogP) is 4.47. The van der Waals surface area contributed by atoms with E-state index in [1.54, 1.807) is 12.1 Å². The first-order chi connectivity index (χ1) is 11.7. The zero-order chi connectivity index (χ0) is 17.6. The van der Waals surface area contributed by atoms with Crippen molar-refractivity contribution in [3.8, 4) is 6.07 Å². The lowest BCUT2D eigenvalue weighted by molar-refractivity contribution is 0.0928. The third-order valence-electron chi connectivity index (χ3n) is 3.90. The van der Waals surface area contributed by atoms with E-state index in [0.29, 0.717) is 16.6 Å². The molecule has 0 spiro atoms. The fourth-order valence-corrected chi connectivity index (χ4v) is 2.59. The van der Waals surface area contributed by atoms with E-state index in [-0.39, 0.29) is 0 Å². The minimum absolute atomic E-state index is 0.569. The Kier molecular flexibility index (Phi) is 10.8. The normalized spacial score (nSPS) is 11.5. The molecule has 0 heterocycles. The summed E-state index contributed by atoms with van der Waals surface area (Å²) in [4.78, 5) is 0. The maximum atomic E-state index is 8.88. The maximum absolute atomic E-state index is 8.88. The van der Waals surface area contributed by atoms with Crippen molar-refractivity contribution in [2.45, 2.75) is 46.0 Å². The summed E-state index contributed by atoms with van der Waals surface area (Å²) in [5.41, 5.74) is 1.44. The highest BCUT2D eigenvalue weighted by Gasteiger charge is 2.05. The number of nitrogens with one attached hydrogen (secondary N) is 2. The van der Waals surface area contributed by atoms with E-state index in [1.807, 2.05) is 12.1 Å². The molecule has 0 fully saturated rings. The first-order valence-corrected chi connectivity index (χ1v) is 9.23. The van der Waals surface area contributed by atoms with E-state index in [1.165, 1.54) is 25.7 Å². The molecule has 5 heteroatoms. The molecular weight excluding hydrogens is 318 g/mol. The monoisotopic (exact) mass is 347 g/mol. The third-order valence-corrected chi connectivity index (χ3v) is 4.14. The number of nitriles is 1. The molecule has 0 saturated heterocycles. The Balaban J connectivity index is 2.12. The van der Waals surface area contributed by atoms with Gasteiger partial charge in [0.2, 0.25) is 0 Å². The Bertz CT molecular complexity index is 528. The van der Waals surface area contributed by atoms with Crippen molar-refractivity contribution in [1.29, 1.82) is 5.26 Å². The molecule has 4 nitrogen and oxygen atoms in total. The van der Waals surface area contributed by atoms with Crippen LogP contribution in [0.5, 0.6) is 0 Å². The zero-order valence-corrected chi connectivity index (χ0v) is 15.6.